The van der Waals surface area contributed by atoms with Gasteiger partial charge in [0, 0.05) is 33.4 Å². The van der Waals surface area contributed by atoms with Gasteiger partial charge in [0.2, 0.25) is 0 Å². The summed E-state index contributed by atoms with van der Waals surface area (Å²) in [6.07, 6.45) is 5.07. The standard InChI is InChI=1S/C12H19BrN2S/c1-15(7-10-6-9(13)8-16-10)12-5-3-2-4-11(12)14/h6,8,11-12H,2-5,7,14H2,1H3. The Morgan fingerprint density at radius 1 is 1.50 bits per heavy atom. The molecule has 0 saturated heterocycles. The first-order chi connectivity index (χ1) is 7.66. The van der Waals surface area contributed by atoms with Gasteiger partial charge in [-0.15, -0.1) is 11.3 Å². The fourth-order valence-corrected chi connectivity index (χ4v) is 4.00. The molecule has 16 heavy (non-hydrogen) atoms. The molecule has 1 fully saturated rings. The summed E-state index contributed by atoms with van der Waals surface area (Å²) in [5.41, 5.74) is 6.19. The van der Waals surface area contributed by atoms with Gasteiger partial charge in [0.25, 0.3) is 0 Å². The van der Waals surface area contributed by atoms with Crippen LogP contribution in [0, 0.1) is 0 Å². The molecule has 90 valence electrons. The summed E-state index contributed by atoms with van der Waals surface area (Å²) in [7, 11) is 2.20. The van der Waals surface area contributed by atoms with Crippen LogP contribution >= 0.6 is 27.3 Å². The van der Waals surface area contributed by atoms with Gasteiger partial charge in [-0.2, -0.15) is 0 Å². The molecule has 0 spiro atoms. The first-order valence-electron chi connectivity index (χ1n) is 5.85. The van der Waals surface area contributed by atoms with Crippen molar-refractivity contribution in [2.24, 2.45) is 5.73 Å². The van der Waals surface area contributed by atoms with Crippen molar-refractivity contribution in [2.75, 3.05) is 7.05 Å². The molecular formula is C12H19BrN2S. The fourth-order valence-electron chi connectivity index (χ4n) is 2.49. The number of rotatable bonds is 3. The lowest BCUT2D eigenvalue weighted by molar-refractivity contribution is 0.163. The maximum Gasteiger partial charge on any atom is 0.0328 e. The molecule has 1 aromatic heterocycles. The van der Waals surface area contributed by atoms with E-state index in [4.69, 9.17) is 5.73 Å². The first kappa shape index (κ1) is 12.6. The summed E-state index contributed by atoms with van der Waals surface area (Å²) < 4.78 is 1.19. The Kier molecular flexibility index (Phi) is 4.41. The van der Waals surface area contributed by atoms with E-state index in [0.29, 0.717) is 12.1 Å². The predicted octanol–water partition coefficient (Wildman–Crippen LogP) is 3.21. The van der Waals surface area contributed by atoms with Crippen molar-refractivity contribution < 1.29 is 0 Å². The number of nitrogens with zero attached hydrogens (tertiary/aromatic N) is 1. The molecule has 2 N–H and O–H groups in total. The van der Waals surface area contributed by atoms with E-state index in [9.17, 15) is 0 Å². The smallest absolute Gasteiger partial charge is 0.0328 e. The van der Waals surface area contributed by atoms with Gasteiger partial charge in [-0.1, -0.05) is 12.8 Å². The van der Waals surface area contributed by atoms with E-state index in [2.05, 4.69) is 39.3 Å². The van der Waals surface area contributed by atoms with Gasteiger partial charge in [0.1, 0.15) is 0 Å². The average molecular weight is 303 g/mol. The molecule has 2 atom stereocenters. The Balaban J connectivity index is 1.93. The lowest BCUT2D eigenvalue weighted by atomic mass is 9.90. The highest BCUT2D eigenvalue weighted by Gasteiger charge is 2.25. The van der Waals surface area contributed by atoms with Crippen LogP contribution in [0.2, 0.25) is 0 Å². The molecule has 1 aliphatic carbocycles. The number of hydrogen-bond donors (Lipinski definition) is 1. The van der Waals surface area contributed by atoms with Crippen LogP contribution in [0.25, 0.3) is 0 Å². The van der Waals surface area contributed by atoms with Crippen molar-refractivity contribution in [3.05, 3.63) is 20.8 Å². The third-order valence-corrected chi connectivity index (χ3v) is 5.06. The zero-order chi connectivity index (χ0) is 11.5. The number of nitrogens with two attached hydrogens (primary N) is 1. The molecule has 0 bridgehead atoms. The zero-order valence-corrected chi connectivity index (χ0v) is 12.1. The average Bonchev–Trinajstić information content (AvgIpc) is 2.64. The maximum atomic E-state index is 6.19. The molecule has 4 heteroatoms. The van der Waals surface area contributed by atoms with E-state index in [0.717, 1.165) is 6.54 Å². The second-order valence-corrected chi connectivity index (χ2v) is 6.57. The van der Waals surface area contributed by atoms with Gasteiger partial charge < -0.3 is 5.73 Å². The molecule has 0 amide bonds. The molecule has 1 aromatic rings. The zero-order valence-electron chi connectivity index (χ0n) is 9.66. The largest absolute Gasteiger partial charge is 0.326 e. The lowest BCUT2D eigenvalue weighted by Crippen LogP contribution is -2.47. The second kappa shape index (κ2) is 5.63. The van der Waals surface area contributed by atoms with E-state index in [1.807, 2.05) is 11.3 Å². The molecule has 2 rings (SSSR count). The van der Waals surface area contributed by atoms with Gasteiger partial charge in [-0.05, 0) is 41.9 Å². The van der Waals surface area contributed by atoms with E-state index < -0.39 is 0 Å². The summed E-state index contributed by atoms with van der Waals surface area (Å²) in [5.74, 6) is 0. The molecule has 0 aromatic carbocycles. The van der Waals surface area contributed by atoms with E-state index in [-0.39, 0.29) is 0 Å². The molecule has 2 unspecified atom stereocenters. The first-order valence-corrected chi connectivity index (χ1v) is 7.53. The third kappa shape index (κ3) is 3.06. The number of likely N-dealkylation sites (N-methyl/N-ethyl adjacent to an activating group) is 1. The minimum Gasteiger partial charge on any atom is -0.326 e. The van der Waals surface area contributed by atoms with Crippen LogP contribution in [0.5, 0.6) is 0 Å². The highest BCUT2D eigenvalue weighted by molar-refractivity contribution is 9.10. The predicted molar refractivity (Wildman–Crippen MR) is 73.7 cm³/mol. The summed E-state index contributed by atoms with van der Waals surface area (Å²) in [6, 6.07) is 3.13. The van der Waals surface area contributed by atoms with E-state index in [1.165, 1.54) is 35.0 Å². The van der Waals surface area contributed by atoms with Gasteiger partial charge >= 0.3 is 0 Å². The van der Waals surface area contributed by atoms with Crippen molar-refractivity contribution in [1.29, 1.82) is 0 Å². The Morgan fingerprint density at radius 2 is 2.25 bits per heavy atom. The molecule has 2 nitrogen and oxygen atoms in total. The van der Waals surface area contributed by atoms with E-state index >= 15 is 0 Å². The van der Waals surface area contributed by atoms with Gasteiger partial charge in [-0.25, -0.2) is 0 Å². The normalized spacial score (nSPS) is 26.2. The van der Waals surface area contributed by atoms with Crippen LogP contribution in [-0.4, -0.2) is 24.0 Å². The Hall–Kier alpha value is 0.1000. The SMILES string of the molecule is CN(Cc1cc(Br)cs1)C1CCCCC1N. The summed E-state index contributed by atoms with van der Waals surface area (Å²) >= 11 is 5.31. The molecular weight excluding hydrogens is 284 g/mol. The number of halogens is 1. The van der Waals surface area contributed by atoms with Crippen molar-refractivity contribution in [3.8, 4) is 0 Å². The van der Waals surface area contributed by atoms with Crippen molar-refractivity contribution in [1.82, 2.24) is 4.90 Å². The number of thiophene rings is 1. The van der Waals surface area contributed by atoms with Crippen LogP contribution in [0.1, 0.15) is 30.6 Å². The topological polar surface area (TPSA) is 29.3 Å². The van der Waals surface area contributed by atoms with Crippen molar-refractivity contribution >= 4 is 27.3 Å². The molecule has 1 saturated carbocycles. The summed E-state index contributed by atoms with van der Waals surface area (Å²) in [4.78, 5) is 3.83. The van der Waals surface area contributed by atoms with Gasteiger partial charge in [-0.3, -0.25) is 4.90 Å². The fraction of sp³-hybridized carbons (Fsp3) is 0.667. The molecule has 0 radical (unpaired) electrons. The van der Waals surface area contributed by atoms with Crippen LogP contribution < -0.4 is 5.73 Å². The summed E-state index contributed by atoms with van der Waals surface area (Å²) in [5, 5.41) is 2.14. The van der Waals surface area contributed by atoms with Gasteiger partial charge in [0.05, 0.1) is 0 Å². The monoisotopic (exact) mass is 302 g/mol. The Labute approximate surface area is 110 Å². The van der Waals surface area contributed by atoms with Crippen LogP contribution in [-0.2, 0) is 6.54 Å². The maximum absolute atomic E-state index is 6.19. The quantitative estimate of drug-likeness (QED) is 0.929. The lowest BCUT2D eigenvalue weighted by Gasteiger charge is -2.35. The highest BCUT2D eigenvalue weighted by atomic mass is 79.9. The second-order valence-electron chi connectivity index (χ2n) is 4.66. The highest BCUT2D eigenvalue weighted by Crippen LogP contribution is 2.25. The van der Waals surface area contributed by atoms with Crippen LogP contribution in [0.4, 0.5) is 0 Å². The van der Waals surface area contributed by atoms with Crippen LogP contribution in [0.15, 0.2) is 15.9 Å². The van der Waals surface area contributed by atoms with E-state index in [1.54, 1.807) is 0 Å². The van der Waals surface area contributed by atoms with Crippen molar-refractivity contribution in [3.63, 3.8) is 0 Å². The summed E-state index contributed by atoms with van der Waals surface area (Å²) in [6.45, 7) is 1.02. The minimum absolute atomic E-state index is 0.363. The van der Waals surface area contributed by atoms with Crippen LogP contribution in [0.3, 0.4) is 0 Å². The molecule has 1 aliphatic rings. The molecule has 0 aliphatic heterocycles. The molecule has 1 heterocycles. The Morgan fingerprint density at radius 3 is 2.88 bits per heavy atom. The number of hydrogen-bond acceptors (Lipinski definition) is 3. The van der Waals surface area contributed by atoms with Gasteiger partial charge in [0.15, 0.2) is 0 Å². The van der Waals surface area contributed by atoms with Crippen molar-refractivity contribution in [2.45, 2.75) is 44.3 Å². The third-order valence-electron chi connectivity index (χ3n) is 3.37. The minimum atomic E-state index is 0.363. The Bertz CT molecular complexity index is 340.